The number of carbonyl (C=O) groups is 1. The fraction of sp³-hybridized carbons (Fsp3) is 0.211. The normalized spacial score (nSPS) is 10.3. The van der Waals surface area contributed by atoms with Gasteiger partial charge in [0.2, 0.25) is 0 Å². The van der Waals surface area contributed by atoms with E-state index in [0.29, 0.717) is 22.3 Å². The van der Waals surface area contributed by atoms with Crippen molar-refractivity contribution < 1.29 is 15.0 Å². The number of hydrogen-bond donors (Lipinski definition) is 3. The van der Waals surface area contributed by atoms with E-state index in [2.05, 4.69) is 4.98 Å². The number of aromatic carboxylic acids is 1. The highest BCUT2D eigenvalue weighted by Crippen LogP contribution is 2.33. The van der Waals surface area contributed by atoms with Crippen LogP contribution in [0.15, 0.2) is 42.6 Å². The van der Waals surface area contributed by atoms with Gasteiger partial charge in [-0.05, 0) is 29.7 Å². The van der Waals surface area contributed by atoms with Gasteiger partial charge >= 0.3 is 5.97 Å². The van der Waals surface area contributed by atoms with Crippen LogP contribution in [0, 0.1) is 0 Å². The Morgan fingerprint density at radius 2 is 1.83 bits per heavy atom. The van der Waals surface area contributed by atoms with Gasteiger partial charge in [-0.15, -0.1) is 0 Å². The second-order valence-electron chi connectivity index (χ2n) is 5.06. The predicted octanol–water partition coefficient (Wildman–Crippen LogP) is 4.75. The molecule has 2 aromatic carbocycles. The Kier molecular flexibility index (Phi) is 6.01. The molecule has 0 atom stereocenters. The summed E-state index contributed by atoms with van der Waals surface area (Å²) in [6.07, 6.45) is 2.07. The average Bonchev–Trinajstić information content (AvgIpc) is 3.00. The van der Waals surface area contributed by atoms with Gasteiger partial charge in [0.25, 0.3) is 0 Å². The van der Waals surface area contributed by atoms with Crippen LogP contribution in [-0.2, 0) is 6.42 Å². The summed E-state index contributed by atoms with van der Waals surface area (Å²) in [5.41, 5.74) is 3.65. The van der Waals surface area contributed by atoms with Crippen LogP contribution in [0.1, 0.15) is 29.8 Å². The van der Waals surface area contributed by atoms with Gasteiger partial charge < -0.3 is 15.2 Å². The number of aliphatic hydroxyl groups excluding tert-OH is 1. The monoisotopic (exact) mass is 345 g/mol. The first-order valence-electron chi connectivity index (χ1n) is 7.84. The number of aromatic nitrogens is 1. The Bertz CT molecular complexity index is 838. The van der Waals surface area contributed by atoms with Crippen LogP contribution in [0.25, 0.3) is 22.0 Å². The second kappa shape index (κ2) is 7.99. The van der Waals surface area contributed by atoms with Crippen LogP contribution in [0.3, 0.4) is 0 Å². The molecule has 0 aliphatic heterocycles. The van der Waals surface area contributed by atoms with Crippen molar-refractivity contribution in [3.8, 4) is 11.1 Å². The van der Waals surface area contributed by atoms with Gasteiger partial charge in [0.05, 0.1) is 10.6 Å². The number of aliphatic hydroxyl groups is 1. The molecule has 0 saturated heterocycles. The zero-order valence-corrected chi connectivity index (χ0v) is 14.4. The number of aromatic amines is 1. The summed E-state index contributed by atoms with van der Waals surface area (Å²) < 4.78 is 0. The van der Waals surface area contributed by atoms with Crippen molar-refractivity contribution in [3.63, 3.8) is 0 Å². The Labute approximate surface area is 145 Å². The molecule has 0 amide bonds. The highest BCUT2D eigenvalue weighted by atomic mass is 35.5. The predicted molar refractivity (Wildman–Crippen MR) is 97.8 cm³/mol. The fourth-order valence-electron chi connectivity index (χ4n) is 2.52. The molecule has 4 nitrogen and oxygen atoms in total. The average molecular weight is 346 g/mol. The van der Waals surface area contributed by atoms with E-state index in [1.54, 1.807) is 12.1 Å². The maximum absolute atomic E-state index is 11.2. The SMILES string of the molecule is CC.O=C(O)c1c[nH]c2cc(Cl)c(-c3ccc(CCO)cc3)cc12. The summed E-state index contributed by atoms with van der Waals surface area (Å²) in [5, 5.41) is 19.4. The quantitative estimate of drug-likeness (QED) is 0.639. The smallest absolute Gasteiger partial charge is 0.337 e. The van der Waals surface area contributed by atoms with E-state index >= 15 is 0 Å². The first-order valence-corrected chi connectivity index (χ1v) is 8.22. The third-order valence-corrected chi connectivity index (χ3v) is 3.98. The van der Waals surface area contributed by atoms with Gasteiger partial charge in [0.15, 0.2) is 0 Å². The Morgan fingerprint density at radius 1 is 1.17 bits per heavy atom. The van der Waals surface area contributed by atoms with Crippen LogP contribution in [-0.4, -0.2) is 27.8 Å². The van der Waals surface area contributed by atoms with E-state index < -0.39 is 5.97 Å². The third kappa shape index (κ3) is 3.61. The lowest BCUT2D eigenvalue weighted by Gasteiger charge is -2.07. The molecule has 0 aliphatic rings. The minimum absolute atomic E-state index is 0.109. The second-order valence-corrected chi connectivity index (χ2v) is 5.46. The number of halogens is 1. The molecule has 5 heteroatoms. The molecule has 0 fully saturated rings. The molecular weight excluding hydrogens is 326 g/mol. The lowest BCUT2D eigenvalue weighted by atomic mass is 10.0. The molecular formula is C19H20ClNO3. The molecule has 3 N–H and O–H groups in total. The Balaban J connectivity index is 0.00000100. The summed E-state index contributed by atoms with van der Waals surface area (Å²) in [6.45, 7) is 4.11. The van der Waals surface area contributed by atoms with Crippen molar-refractivity contribution in [2.24, 2.45) is 0 Å². The number of carboxylic acid groups (broad SMARTS) is 1. The fourth-order valence-corrected chi connectivity index (χ4v) is 2.79. The largest absolute Gasteiger partial charge is 0.478 e. The molecule has 3 aromatic rings. The maximum atomic E-state index is 11.2. The highest BCUT2D eigenvalue weighted by molar-refractivity contribution is 6.34. The standard InChI is InChI=1S/C17H14ClNO3.C2H6/c18-15-8-16-13(14(9-19-16)17(21)22)7-12(15)11-3-1-10(2-4-11)5-6-20;1-2/h1-4,7-9,19-20H,5-6H2,(H,21,22);1-2H3. The molecule has 0 saturated carbocycles. The third-order valence-electron chi connectivity index (χ3n) is 3.67. The lowest BCUT2D eigenvalue weighted by Crippen LogP contribution is -1.94. The first-order chi connectivity index (χ1) is 11.6. The number of rotatable bonds is 4. The summed E-state index contributed by atoms with van der Waals surface area (Å²) in [7, 11) is 0. The summed E-state index contributed by atoms with van der Waals surface area (Å²) in [6, 6.07) is 11.2. The zero-order chi connectivity index (χ0) is 17.7. The van der Waals surface area contributed by atoms with E-state index in [1.807, 2.05) is 38.1 Å². The topological polar surface area (TPSA) is 73.3 Å². The van der Waals surface area contributed by atoms with E-state index in [1.165, 1.54) is 6.20 Å². The van der Waals surface area contributed by atoms with Gasteiger partial charge in [0.1, 0.15) is 0 Å². The minimum atomic E-state index is -0.974. The van der Waals surface area contributed by atoms with E-state index in [4.69, 9.17) is 16.7 Å². The number of nitrogens with one attached hydrogen (secondary N) is 1. The number of hydrogen-bond acceptors (Lipinski definition) is 2. The van der Waals surface area contributed by atoms with Crippen molar-refractivity contribution in [2.75, 3.05) is 6.61 Å². The maximum Gasteiger partial charge on any atom is 0.337 e. The number of H-pyrrole nitrogens is 1. The van der Waals surface area contributed by atoms with Crippen molar-refractivity contribution >= 4 is 28.5 Å². The molecule has 0 spiro atoms. The van der Waals surface area contributed by atoms with Gasteiger partial charge in [-0.3, -0.25) is 0 Å². The molecule has 1 heterocycles. The highest BCUT2D eigenvalue weighted by Gasteiger charge is 2.14. The van der Waals surface area contributed by atoms with E-state index in [0.717, 1.165) is 16.7 Å². The molecule has 0 unspecified atom stereocenters. The summed E-state index contributed by atoms with van der Waals surface area (Å²) in [4.78, 5) is 14.2. The Morgan fingerprint density at radius 3 is 2.42 bits per heavy atom. The van der Waals surface area contributed by atoms with E-state index in [-0.39, 0.29) is 12.2 Å². The van der Waals surface area contributed by atoms with E-state index in [9.17, 15) is 9.90 Å². The van der Waals surface area contributed by atoms with Gasteiger partial charge in [-0.1, -0.05) is 49.7 Å². The Hall–Kier alpha value is -2.30. The van der Waals surface area contributed by atoms with Crippen molar-refractivity contribution in [3.05, 3.63) is 58.7 Å². The van der Waals surface area contributed by atoms with Gasteiger partial charge in [-0.2, -0.15) is 0 Å². The number of fused-ring (bicyclic) bond motifs is 1. The van der Waals surface area contributed by atoms with Crippen molar-refractivity contribution in [1.82, 2.24) is 4.98 Å². The molecule has 0 radical (unpaired) electrons. The van der Waals surface area contributed by atoms with Crippen molar-refractivity contribution in [2.45, 2.75) is 20.3 Å². The van der Waals surface area contributed by atoms with Crippen molar-refractivity contribution in [1.29, 1.82) is 0 Å². The first kappa shape index (κ1) is 18.0. The van der Waals surface area contributed by atoms with Crippen LogP contribution < -0.4 is 0 Å². The molecule has 0 bridgehead atoms. The van der Waals surface area contributed by atoms with Crippen LogP contribution in [0.4, 0.5) is 0 Å². The molecule has 24 heavy (non-hydrogen) atoms. The number of benzene rings is 2. The molecule has 0 aliphatic carbocycles. The molecule has 3 rings (SSSR count). The minimum Gasteiger partial charge on any atom is -0.478 e. The molecule has 126 valence electrons. The zero-order valence-electron chi connectivity index (χ0n) is 13.6. The number of carboxylic acids is 1. The van der Waals surface area contributed by atoms with Crippen LogP contribution in [0.5, 0.6) is 0 Å². The van der Waals surface area contributed by atoms with Gasteiger partial charge in [0, 0.05) is 29.3 Å². The lowest BCUT2D eigenvalue weighted by molar-refractivity contribution is 0.0699. The summed E-state index contributed by atoms with van der Waals surface area (Å²) >= 11 is 6.32. The van der Waals surface area contributed by atoms with Crippen LogP contribution >= 0.6 is 11.6 Å². The van der Waals surface area contributed by atoms with Gasteiger partial charge in [-0.25, -0.2) is 4.79 Å². The molecule has 1 aromatic heterocycles. The summed E-state index contributed by atoms with van der Waals surface area (Å²) in [5.74, 6) is -0.974. The van der Waals surface area contributed by atoms with Crippen LogP contribution in [0.2, 0.25) is 5.02 Å².